The summed E-state index contributed by atoms with van der Waals surface area (Å²) >= 11 is 0. The highest BCUT2D eigenvalue weighted by Gasteiger charge is 2.27. The lowest BCUT2D eigenvalue weighted by Crippen LogP contribution is -2.27. The second-order valence-electron chi connectivity index (χ2n) is 6.21. The predicted octanol–water partition coefficient (Wildman–Crippen LogP) is 3.82. The van der Waals surface area contributed by atoms with Crippen LogP contribution >= 0.6 is 0 Å². The number of benzene rings is 1. The number of fused-ring (bicyclic) bond motifs is 1. The molecule has 0 amide bonds. The molecule has 24 heavy (non-hydrogen) atoms. The molecule has 1 aliphatic rings. The predicted molar refractivity (Wildman–Crippen MR) is 86.1 cm³/mol. The van der Waals surface area contributed by atoms with Crippen LogP contribution < -0.4 is 5.43 Å². The molecule has 1 aliphatic carbocycles. The van der Waals surface area contributed by atoms with Crippen molar-refractivity contribution in [1.29, 1.82) is 0 Å². The number of carbonyl (C=O) groups is 1. The number of pyridine rings is 1. The van der Waals surface area contributed by atoms with Crippen molar-refractivity contribution >= 4 is 16.9 Å². The molecule has 1 aromatic heterocycles. The highest BCUT2D eigenvalue weighted by molar-refractivity contribution is 5.93. The average Bonchev–Trinajstić information content (AvgIpc) is 2.48. The van der Waals surface area contributed by atoms with Crippen molar-refractivity contribution in [2.24, 2.45) is 5.92 Å². The largest absolute Gasteiger partial charge is 0.462 e. The molecule has 6 heteroatoms. The Labute approximate surface area is 138 Å². The Morgan fingerprint density at radius 1 is 1.33 bits per heavy atom. The molecular weight excluding hydrogens is 316 g/mol. The third-order valence-electron chi connectivity index (χ3n) is 4.84. The van der Waals surface area contributed by atoms with Crippen LogP contribution in [-0.2, 0) is 4.74 Å². The number of rotatable bonds is 4. The highest BCUT2D eigenvalue weighted by Crippen LogP contribution is 2.37. The molecule has 0 bridgehead atoms. The normalized spacial score (nSPS) is 16.0. The quantitative estimate of drug-likeness (QED) is 0.798. The summed E-state index contributed by atoms with van der Waals surface area (Å²) in [7, 11) is 0. The van der Waals surface area contributed by atoms with E-state index in [0.29, 0.717) is 11.4 Å². The molecule has 0 radical (unpaired) electrons. The second kappa shape index (κ2) is 6.34. The van der Waals surface area contributed by atoms with E-state index in [4.69, 9.17) is 4.74 Å². The Balaban J connectivity index is 2.26. The van der Waals surface area contributed by atoms with Gasteiger partial charge in [0.1, 0.15) is 5.56 Å². The molecule has 128 valence electrons. The molecule has 0 spiro atoms. The van der Waals surface area contributed by atoms with Gasteiger partial charge >= 0.3 is 5.97 Å². The van der Waals surface area contributed by atoms with Gasteiger partial charge in [0.25, 0.3) is 0 Å². The fraction of sp³-hybridized carbons (Fsp3) is 0.444. The number of halogens is 2. The van der Waals surface area contributed by atoms with Crippen LogP contribution in [0.1, 0.15) is 49.5 Å². The number of ether oxygens (including phenoxy) is 1. The molecule has 3 rings (SSSR count). The van der Waals surface area contributed by atoms with E-state index < -0.39 is 23.0 Å². The van der Waals surface area contributed by atoms with Gasteiger partial charge in [-0.1, -0.05) is 6.42 Å². The van der Waals surface area contributed by atoms with Crippen molar-refractivity contribution in [2.45, 2.75) is 39.2 Å². The minimum atomic E-state index is -1.11. The van der Waals surface area contributed by atoms with Crippen LogP contribution in [0.2, 0.25) is 0 Å². The van der Waals surface area contributed by atoms with Gasteiger partial charge in [-0.05, 0) is 38.7 Å². The molecule has 2 aromatic rings. The number of hydrogen-bond acceptors (Lipinski definition) is 3. The van der Waals surface area contributed by atoms with Crippen molar-refractivity contribution in [3.05, 3.63) is 45.8 Å². The summed E-state index contributed by atoms with van der Waals surface area (Å²) in [5.41, 5.74) is -0.493. The zero-order valence-electron chi connectivity index (χ0n) is 13.6. The molecule has 1 heterocycles. The van der Waals surface area contributed by atoms with Crippen molar-refractivity contribution in [3.8, 4) is 0 Å². The number of hydrogen-bond donors (Lipinski definition) is 0. The molecule has 1 atom stereocenters. The van der Waals surface area contributed by atoms with Crippen molar-refractivity contribution in [2.75, 3.05) is 6.61 Å². The van der Waals surface area contributed by atoms with Crippen molar-refractivity contribution < 1.29 is 18.3 Å². The zero-order chi connectivity index (χ0) is 17.4. The van der Waals surface area contributed by atoms with E-state index in [9.17, 15) is 18.4 Å². The molecular formula is C18H19F2NO3. The summed E-state index contributed by atoms with van der Waals surface area (Å²) in [5.74, 6) is -2.48. The number of esters is 1. The lowest BCUT2D eigenvalue weighted by Gasteiger charge is -2.34. The Hall–Kier alpha value is -2.24. The first kappa shape index (κ1) is 16.6. The van der Waals surface area contributed by atoms with Crippen LogP contribution in [0.5, 0.6) is 0 Å². The number of aromatic nitrogens is 1. The van der Waals surface area contributed by atoms with Gasteiger partial charge in [0.05, 0.1) is 12.1 Å². The van der Waals surface area contributed by atoms with Crippen molar-refractivity contribution in [1.82, 2.24) is 4.57 Å². The molecule has 1 unspecified atom stereocenters. The van der Waals surface area contributed by atoms with Crippen LogP contribution in [0.25, 0.3) is 10.9 Å². The molecule has 0 N–H and O–H groups in total. The Kier molecular flexibility index (Phi) is 4.39. The standard InChI is InChI=1S/C18H19F2NO3/c1-3-24-18(23)13-9-21(10(2)11-5-4-6-11)16-8-15(20)14(19)7-12(16)17(13)22/h7-11H,3-6H2,1-2H3. The van der Waals surface area contributed by atoms with Crippen LogP contribution in [0.15, 0.2) is 23.1 Å². The van der Waals surface area contributed by atoms with Gasteiger partial charge in [-0.2, -0.15) is 0 Å². The second-order valence-corrected chi connectivity index (χ2v) is 6.21. The van der Waals surface area contributed by atoms with E-state index in [1.165, 1.54) is 6.20 Å². The Morgan fingerprint density at radius 2 is 2.00 bits per heavy atom. The summed E-state index contributed by atoms with van der Waals surface area (Å²) in [6, 6.07) is 1.86. The lowest BCUT2D eigenvalue weighted by molar-refractivity contribution is 0.0523. The van der Waals surface area contributed by atoms with Gasteiger partial charge in [0, 0.05) is 23.7 Å². The maximum atomic E-state index is 13.7. The van der Waals surface area contributed by atoms with Crippen LogP contribution in [0.4, 0.5) is 8.78 Å². The van der Waals surface area contributed by atoms with E-state index >= 15 is 0 Å². The first-order valence-corrected chi connectivity index (χ1v) is 8.15. The molecule has 0 aliphatic heterocycles. The first-order chi connectivity index (χ1) is 11.4. The summed E-state index contributed by atoms with van der Waals surface area (Å²) in [4.78, 5) is 24.6. The topological polar surface area (TPSA) is 48.3 Å². The minimum Gasteiger partial charge on any atom is -0.462 e. The third kappa shape index (κ3) is 2.70. The van der Waals surface area contributed by atoms with Gasteiger partial charge in [-0.15, -0.1) is 0 Å². The van der Waals surface area contributed by atoms with Gasteiger partial charge in [0.15, 0.2) is 11.6 Å². The van der Waals surface area contributed by atoms with Gasteiger partial charge < -0.3 is 9.30 Å². The Morgan fingerprint density at radius 3 is 2.58 bits per heavy atom. The smallest absolute Gasteiger partial charge is 0.343 e. The monoisotopic (exact) mass is 335 g/mol. The van der Waals surface area contributed by atoms with E-state index in [2.05, 4.69) is 0 Å². The summed E-state index contributed by atoms with van der Waals surface area (Å²) < 4.78 is 34.0. The van der Waals surface area contributed by atoms with Crippen LogP contribution in [-0.4, -0.2) is 17.1 Å². The van der Waals surface area contributed by atoms with Crippen molar-refractivity contribution in [3.63, 3.8) is 0 Å². The average molecular weight is 335 g/mol. The molecule has 1 fully saturated rings. The number of nitrogens with zero attached hydrogens (tertiary/aromatic N) is 1. The molecule has 1 saturated carbocycles. The molecule has 1 aromatic carbocycles. The summed E-state index contributed by atoms with van der Waals surface area (Å²) in [6.45, 7) is 3.74. The van der Waals surface area contributed by atoms with E-state index in [1.54, 1.807) is 11.5 Å². The van der Waals surface area contributed by atoms with E-state index in [-0.39, 0.29) is 23.6 Å². The van der Waals surface area contributed by atoms with Gasteiger partial charge in [0.2, 0.25) is 5.43 Å². The van der Waals surface area contributed by atoms with Crippen LogP contribution in [0, 0.1) is 17.6 Å². The zero-order valence-corrected chi connectivity index (χ0v) is 13.6. The van der Waals surface area contributed by atoms with E-state index in [0.717, 1.165) is 31.4 Å². The first-order valence-electron chi connectivity index (χ1n) is 8.15. The van der Waals surface area contributed by atoms with Gasteiger partial charge in [-0.3, -0.25) is 4.79 Å². The van der Waals surface area contributed by atoms with Crippen LogP contribution in [0.3, 0.4) is 0 Å². The molecule has 0 saturated heterocycles. The maximum Gasteiger partial charge on any atom is 0.343 e. The highest BCUT2D eigenvalue weighted by atomic mass is 19.2. The molecule has 4 nitrogen and oxygen atoms in total. The Bertz CT molecular complexity index is 855. The number of carbonyl (C=O) groups excluding carboxylic acids is 1. The lowest BCUT2D eigenvalue weighted by atomic mass is 9.80. The van der Waals surface area contributed by atoms with E-state index in [1.807, 2.05) is 6.92 Å². The van der Waals surface area contributed by atoms with Gasteiger partial charge in [-0.25, -0.2) is 13.6 Å². The third-order valence-corrected chi connectivity index (χ3v) is 4.84. The maximum absolute atomic E-state index is 13.7. The fourth-order valence-electron chi connectivity index (χ4n) is 3.18. The summed E-state index contributed by atoms with van der Waals surface area (Å²) in [5, 5.41) is -0.00868. The summed E-state index contributed by atoms with van der Waals surface area (Å²) in [6.07, 6.45) is 4.62. The minimum absolute atomic E-state index is 0.00868. The fourth-order valence-corrected chi connectivity index (χ4v) is 3.18. The SMILES string of the molecule is CCOC(=O)c1cn(C(C)C2CCC2)c2cc(F)c(F)cc2c1=O.